The zero-order valence-electron chi connectivity index (χ0n) is 9.77. The van der Waals surface area contributed by atoms with Crippen LogP contribution in [0.1, 0.15) is 31.5 Å². The van der Waals surface area contributed by atoms with Crippen LogP contribution < -0.4 is 0 Å². The van der Waals surface area contributed by atoms with E-state index in [0.717, 1.165) is 17.7 Å². The summed E-state index contributed by atoms with van der Waals surface area (Å²) in [6.07, 6.45) is 6.95. The van der Waals surface area contributed by atoms with Gasteiger partial charge in [0.05, 0.1) is 6.54 Å². The summed E-state index contributed by atoms with van der Waals surface area (Å²) in [6.45, 7) is 2.11. The third kappa shape index (κ3) is 2.83. The highest BCUT2D eigenvalue weighted by atomic mass is 79.9. The number of hydrogen-bond acceptors (Lipinski definition) is 3. The number of aromatic nitrogens is 3. The number of halogens is 1. The van der Waals surface area contributed by atoms with E-state index in [2.05, 4.69) is 30.9 Å². The molecule has 0 saturated carbocycles. The molecule has 4 nitrogen and oxygen atoms in total. The SMILES string of the molecule is Cn1ncnc1CN1CCCCCC1CBr. The first-order chi connectivity index (χ1) is 7.81. The van der Waals surface area contributed by atoms with E-state index >= 15 is 0 Å². The molecule has 0 N–H and O–H groups in total. The van der Waals surface area contributed by atoms with E-state index in [1.807, 2.05) is 11.7 Å². The van der Waals surface area contributed by atoms with Crippen molar-refractivity contribution in [2.75, 3.05) is 11.9 Å². The second kappa shape index (κ2) is 5.77. The predicted molar refractivity (Wildman–Crippen MR) is 67.5 cm³/mol. The number of alkyl halides is 1. The second-order valence-electron chi connectivity index (χ2n) is 4.43. The Labute approximate surface area is 105 Å². The molecule has 0 spiro atoms. The molecule has 0 bridgehead atoms. The maximum Gasteiger partial charge on any atom is 0.140 e. The molecule has 1 atom stereocenters. The van der Waals surface area contributed by atoms with Gasteiger partial charge in [0.15, 0.2) is 0 Å². The van der Waals surface area contributed by atoms with Gasteiger partial charge in [0.25, 0.3) is 0 Å². The van der Waals surface area contributed by atoms with E-state index in [0.29, 0.717) is 6.04 Å². The van der Waals surface area contributed by atoms with Crippen LogP contribution in [0.25, 0.3) is 0 Å². The zero-order chi connectivity index (χ0) is 11.4. The fourth-order valence-corrected chi connectivity index (χ4v) is 3.00. The lowest BCUT2D eigenvalue weighted by molar-refractivity contribution is 0.201. The van der Waals surface area contributed by atoms with Crippen LogP contribution in [0.15, 0.2) is 6.33 Å². The van der Waals surface area contributed by atoms with Crippen LogP contribution in [0.3, 0.4) is 0 Å². The monoisotopic (exact) mass is 286 g/mol. The first-order valence-electron chi connectivity index (χ1n) is 5.94. The number of hydrogen-bond donors (Lipinski definition) is 0. The summed E-state index contributed by atoms with van der Waals surface area (Å²) >= 11 is 3.62. The molecule has 2 rings (SSSR count). The van der Waals surface area contributed by atoms with Crippen LogP contribution >= 0.6 is 15.9 Å². The topological polar surface area (TPSA) is 34.0 Å². The highest BCUT2D eigenvalue weighted by Gasteiger charge is 2.21. The van der Waals surface area contributed by atoms with Gasteiger partial charge < -0.3 is 0 Å². The van der Waals surface area contributed by atoms with Gasteiger partial charge in [-0.1, -0.05) is 28.8 Å². The molecular formula is C11H19BrN4. The van der Waals surface area contributed by atoms with Gasteiger partial charge in [0, 0.05) is 18.4 Å². The molecule has 1 aromatic heterocycles. The number of aryl methyl sites for hydroxylation is 1. The molecule has 5 heteroatoms. The molecule has 1 aromatic rings. The third-order valence-electron chi connectivity index (χ3n) is 3.33. The minimum Gasteiger partial charge on any atom is -0.292 e. The molecule has 90 valence electrons. The van der Waals surface area contributed by atoms with E-state index in [1.165, 1.54) is 32.2 Å². The van der Waals surface area contributed by atoms with E-state index in [9.17, 15) is 0 Å². The molecular weight excluding hydrogens is 268 g/mol. The minimum absolute atomic E-state index is 0.652. The van der Waals surface area contributed by atoms with Crippen molar-refractivity contribution >= 4 is 15.9 Å². The van der Waals surface area contributed by atoms with Crippen molar-refractivity contribution in [1.29, 1.82) is 0 Å². The molecule has 1 unspecified atom stereocenters. The van der Waals surface area contributed by atoms with Crippen molar-refractivity contribution in [1.82, 2.24) is 19.7 Å². The zero-order valence-corrected chi connectivity index (χ0v) is 11.4. The van der Waals surface area contributed by atoms with Crippen molar-refractivity contribution in [3.05, 3.63) is 12.2 Å². The first-order valence-corrected chi connectivity index (χ1v) is 7.06. The van der Waals surface area contributed by atoms with E-state index in [1.54, 1.807) is 6.33 Å². The van der Waals surface area contributed by atoms with Crippen molar-refractivity contribution < 1.29 is 0 Å². The maximum absolute atomic E-state index is 4.30. The standard InChI is InChI=1S/C11H19BrN4/c1-15-11(13-9-14-15)8-16-6-4-2-3-5-10(16)7-12/h9-10H,2-8H2,1H3. The van der Waals surface area contributed by atoms with Gasteiger partial charge in [-0.15, -0.1) is 0 Å². The molecule has 2 heterocycles. The fraction of sp³-hybridized carbons (Fsp3) is 0.818. The average Bonchev–Trinajstić information content (AvgIpc) is 2.56. The van der Waals surface area contributed by atoms with Crippen molar-refractivity contribution in [3.8, 4) is 0 Å². The van der Waals surface area contributed by atoms with Crippen molar-refractivity contribution in [2.24, 2.45) is 7.05 Å². The minimum atomic E-state index is 0.652. The second-order valence-corrected chi connectivity index (χ2v) is 5.08. The van der Waals surface area contributed by atoms with Gasteiger partial charge in [-0.25, -0.2) is 4.98 Å². The first kappa shape index (κ1) is 12.0. The molecule has 1 fully saturated rings. The molecule has 1 aliphatic heterocycles. The van der Waals surface area contributed by atoms with Crippen molar-refractivity contribution in [2.45, 2.75) is 38.3 Å². The summed E-state index contributed by atoms with van der Waals surface area (Å²) in [7, 11) is 1.96. The summed E-state index contributed by atoms with van der Waals surface area (Å²) in [5, 5.41) is 5.18. The van der Waals surface area contributed by atoms with Crippen LogP contribution in [-0.4, -0.2) is 37.6 Å². The summed E-state index contributed by atoms with van der Waals surface area (Å²) in [6, 6.07) is 0.652. The van der Waals surface area contributed by atoms with E-state index in [-0.39, 0.29) is 0 Å². The fourth-order valence-electron chi connectivity index (χ4n) is 2.26. The van der Waals surface area contributed by atoms with Crippen LogP contribution in [0.4, 0.5) is 0 Å². The lowest BCUT2D eigenvalue weighted by Crippen LogP contribution is -2.36. The Morgan fingerprint density at radius 3 is 3.00 bits per heavy atom. The summed E-state index contributed by atoms with van der Waals surface area (Å²) < 4.78 is 1.87. The van der Waals surface area contributed by atoms with E-state index in [4.69, 9.17) is 0 Å². The van der Waals surface area contributed by atoms with Crippen LogP contribution in [0, 0.1) is 0 Å². The summed E-state index contributed by atoms with van der Waals surface area (Å²) in [5.74, 6) is 1.06. The molecule has 0 amide bonds. The molecule has 0 aromatic carbocycles. The normalized spacial score (nSPS) is 23.2. The Balaban J connectivity index is 2.03. The quantitative estimate of drug-likeness (QED) is 0.797. The van der Waals surface area contributed by atoms with Gasteiger partial charge in [-0.05, 0) is 19.4 Å². The Kier molecular flexibility index (Phi) is 4.35. The molecule has 0 radical (unpaired) electrons. The molecule has 16 heavy (non-hydrogen) atoms. The third-order valence-corrected chi connectivity index (χ3v) is 4.07. The largest absolute Gasteiger partial charge is 0.292 e. The van der Waals surface area contributed by atoms with Gasteiger partial charge >= 0.3 is 0 Å². The van der Waals surface area contributed by atoms with Gasteiger partial charge in [-0.2, -0.15) is 5.10 Å². The Morgan fingerprint density at radius 2 is 2.31 bits per heavy atom. The highest BCUT2D eigenvalue weighted by Crippen LogP contribution is 2.19. The lowest BCUT2D eigenvalue weighted by atomic mass is 10.1. The smallest absolute Gasteiger partial charge is 0.140 e. The van der Waals surface area contributed by atoms with Gasteiger partial charge in [0.1, 0.15) is 12.2 Å². The Morgan fingerprint density at radius 1 is 1.44 bits per heavy atom. The summed E-state index contributed by atoms with van der Waals surface area (Å²) in [5.41, 5.74) is 0. The Bertz CT molecular complexity index is 326. The molecule has 0 aliphatic carbocycles. The predicted octanol–water partition coefficient (Wildman–Crippen LogP) is 1.95. The average molecular weight is 287 g/mol. The van der Waals surface area contributed by atoms with Gasteiger partial charge in [0.2, 0.25) is 0 Å². The summed E-state index contributed by atoms with van der Waals surface area (Å²) in [4.78, 5) is 6.84. The van der Waals surface area contributed by atoms with Crippen LogP contribution in [0.5, 0.6) is 0 Å². The number of nitrogens with zero attached hydrogens (tertiary/aromatic N) is 4. The van der Waals surface area contributed by atoms with Crippen LogP contribution in [-0.2, 0) is 13.6 Å². The highest BCUT2D eigenvalue weighted by molar-refractivity contribution is 9.09. The molecule has 1 aliphatic rings. The Hall–Kier alpha value is -0.420. The maximum atomic E-state index is 4.30. The van der Waals surface area contributed by atoms with Crippen molar-refractivity contribution in [3.63, 3.8) is 0 Å². The van der Waals surface area contributed by atoms with E-state index < -0.39 is 0 Å². The molecule has 1 saturated heterocycles. The number of rotatable bonds is 3. The lowest BCUT2D eigenvalue weighted by Gasteiger charge is -2.27. The van der Waals surface area contributed by atoms with Gasteiger partial charge in [-0.3, -0.25) is 9.58 Å². The van der Waals surface area contributed by atoms with Crippen LogP contribution in [0.2, 0.25) is 0 Å². The number of likely N-dealkylation sites (tertiary alicyclic amines) is 1.